The zero-order chi connectivity index (χ0) is 21.4. The van der Waals surface area contributed by atoms with Crippen LogP contribution in [0.25, 0.3) is 0 Å². The van der Waals surface area contributed by atoms with Gasteiger partial charge in [0.25, 0.3) is 0 Å². The van der Waals surface area contributed by atoms with Crippen molar-refractivity contribution in [3.8, 4) is 6.07 Å². The molecule has 1 heterocycles. The second-order valence-corrected chi connectivity index (χ2v) is 9.50. The van der Waals surface area contributed by atoms with Crippen molar-refractivity contribution in [3.63, 3.8) is 0 Å². The molecule has 1 aromatic heterocycles. The third-order valence-electron chi connectivity index (χ3n) is 7.71. The Balaban J connectivity index is 1.16. The van der Waals surface area contributed by atoms with Crippen molar-refractivity contribution in [2.24, 2.45) is 23.0 Å². The van der Waals surface area contributed by atoms with E-state index >= 15 is 0 Å². The van der Waals surface area contributed by atoms with Crippen LogP contribution in [0.3, 0.4) is 0 Å². The van der Waals surface area contributed by atoms with Crippen LogP contribution in [0.5, 0.6) is 0 Å². The molecule has 0 amide bonds. The van der Waals surface area contributed by atoms with Crippen molar-refractivity contribution in [1.29, 1.82) is 5.26 Å². The highest BCUT2D eigenvalue weighted by Crippen LogP contribution is 2.75. The minimum absolute atomic E-state index is 0.0473. The molecule has 7 rings (SSSR count). The lowest BCUT2D eigenvalue weighted by molar-refractivity contribution is 0.102. The molecule has 158 valence electrons. The summed E-state index contributed by atoms with van der Waals surface area (Å²) in [6.45, 7) is 0.993. The smallest absolute Gasteiger partial charge is 0.224 e. The predicted octanol–water partition coefficient (Wildman–Crippen LogP) is 3.48. The minimum atomic E-state index is -0.893. The average Bonchev–Trinajstić information content (AvgIpc) is 3.32. The number of rotatable bonds is 6. The normalized spacial score (nSPS) is 31.5. The summed E-state index contributed by atoms with van der Waals surface area (Å²) in [5, 5.41) is 15.9. The van der Waals surface area contributed by atoms with Gasteiger partial charge in [-0.3, -0.25) is 0 Å². The van der Waals surface area contributed by atoms with Crippen LogP contribution in [0.2, 0.25) is 0 Å². The summed E-state index contributed by atoms with van der Waals surface area (Å²) in [7, 11) is 0. The van der Waals surface area contributed by atoms with Gasteiger partial charge in [0.15, 0.2) is 11.6 Å². The van der Waals surface area contributed by atoms with Gasteiger partial charge < -0.3 is 16.4 Å². The molecule has 5 aliphatic carbocycles. The molecule has 8 heteroatoms. The molecule has 0 radical (unpaired) electrons. The monoisotopic (exact) mass is 420 g/mol. The quantitative estimate of drug-likeness (QED) is 0.619. The predicted molar refractivity (Wildman–Crippen MR) is 111 cm³/mol. The van der Waals surface area contributed by atoms with Gasteiger partial charge in [-0.05, 0) is 71.8 Å². The first-order valence-corrected chi connectivity index (χ1v) is 10.6. The Bertz CT molecular complexity index is 1190. The van der Waals surface area contributed by atoms with E-state index in [4.69, 9.17) is 5.73 Å². The van der Waals surface area contributed by atoms with Gasteiger partial charge in [-0.15, -0.1) is 0 Å². The summed E-state index contributed by atoms with van der Waals surface area (Å²) >= 11 is 0. The number of nitrogens with zero attached hydrogens (tertiary/aromatic N) is 3. The van der Waals surface area contributed by atoms with E-state index in [0.29, 0.717) is 34.7 Å². The van der Waals surface area contributed by atoms with Gasteiger partial charge in [0, 0.05) is 13.1 Å². The first kappa shape index (κ1) is 18.7. The van der Waals surface area contributed by atoms with Crippen molar-refractivity contribution >= 4 is 11.8 Å². The molecule has 0 saturated heterocycles. The summed E-state index contributed by atoms with van der Waals surface area (Å²) in [5.41, 5.74) is 10.8. The molecular formula is C23H22F2N6. The van der Waals surface area contributed by atoms with Gasteiger partial charge >= 0.3 is 0 Å². The van der Waals surface area contributed by atoms with E-state index < -0.39 is 11.6 Å². The van der Waals surface area contributed by atoms with Gasteiger partial charge in [-0.2, -0.15) is 10.2 Å². The summed E-state index contributed by atoms with van der Waals surface area (Å²) in [6, 6.07) is 5.88. The highest BCUT2D eigenvalue weighted by atomic mass is 19.2. The molecular weight excluding hydrogens is 398 g/mol. The standard InChI is InChI=1S/C23H22F2N6/c24-17-2-1-12(3-18(17)25)9-28-21-29-10-14(8-26)20(31-21)30-11-22-5-13-4-15(6-22)23(27)16(7-22)19(13)23/h1-3,10,13,15H,4-7,9,11,27H2,(H2,28,29,30,31)/t13?,15-,22-,23?/m0/s1. The number of benzene rings is 1. The number of anilines is 2. The third-order valence-corrected chi connectivity index (χ3v) is 7.71. The Morgan fingerprint density at radius 3 is 2.84 bits per heavy atom. The van der Waals surface area contributed by atoms with Crippen LogP contribution >= 0.6 is 0 Å². The zero-order valence-corrected chi connectivity index (χ0v) is 16.9. The van der Waals surface area contributed by atoms with Crippen LogP contribution in [0, 0.1) is 40.2 Å². The Labute approximate surface area is 178 Å². The fourth-order valence-electron chi connectivity index (χ4n) is 6.40. The summed E-state index contributed by atoms with van der Waals surface area (Å²) in [5.74, 6) is 0.258. The third kappa shape index (κ3) is 2.69. The Morgan fingerprint density at radius 1 is 1.23 bits per heavy atom. The maximum absolute atomic E-state index is 13.4. The van der Waals surface area contributed by atoms with Crippen LogP contribution in [-0.2, 0) is 6.54 Å². The second kappa shape index (κ2) is 6.24. The maximum atomic E-state index is 13.4. The molecule has 2 aromatic rings. The summed E-state index contributed by atoms with van der Waals surface area (Å²) in [6.07, 6.45) is 6.03. The molecule has 1 aromatic carbocycles. The van der Waals surface area contributed by atoms with Gasteiger partial charge in [-0.1, -0.05) is 6.07 Å². The van der Waals surface area contributed by atoms with Crippen LogP contribution < -0.4 is 16.4 Å². The Kier molecular flexibility index (Phi) is 3.76. The van der Waals surface area contributed by atoms with E-state index in [0.717, 1.165) is 37.9 Å². The lowest BCUT2D eigenvalue weighted by Gasteiger charge is -2.47. The Hall–Kier alpha value is -3.05. The zero-order valence-electron chi connectivity index (χ0n) is 16.9. The minimum Gasteiger partial charge on any atom is -0.368 e. The van der Waals surface area contributed by atoms with Crippen LogP contribution in [0.4, 0.5) is 20.5 Å². The fraction of sp³-hybridized carbons (Fsp3) is 0.435. The van der Waals surface area contributed by atoms with Crippen molar-refractivity contribution in [2.75, 3.05) is 17.2 Å². The number of nitrogens with two attached hydrogens (primary N) is 1. The molecule has 3 fully saturated rings. The molecule has 5 aliphatic rings. The number of hydrogen-bond acceptors (Lipinski definition) is 6. The number of halogens is 2. The van der Waals surface area contributed by atoms with Gasteiger partial charge in [0.2, 0.25) is 5.95 Å². The van der Waals surface area contributed by atoms with E-state index in [1.165, 1.54) is 24.3 Å². The first-order chi connectivity index (χ1) is 14.9. The molecule has 4 bridgehead atoms. The number of aromatic nitrogens is 2. The van der Waals surface area contributed by atoms with E-state index in [1.54, 1.807) is 5.57 Å². The maximum Gasteiger partial charge on any atom is 0.224 e. The fourth-order valence-corrected chi connectivity index (χ4v) is 6.40. The summed E-state index contributed by atoms with van der Waals surface area (Å²) < 4.78 is 26.5. The molecule has 0 spiro atoms. The Morgan fingerprint density at radius 2 is 2.10 bits per heavy atom. The lowest BCUT2D eigenvalue weighted by atomic mass is 9.59. The highest BCUT2D eigenvalue weighted by Gasteiger charge is 2.71. The molecule has 4 N–H and O–H groups in total. The van der Waals surface area contributed by atoms with E-state index in [1.807, 2.05) is 0 Å². The van der Waals surface area contributed by atoms with Gasteiger partial charge in [-0.25, -0.2) is 13.8 Å². The molecule has 0 aliphatic heterocycles. The van der Waals surface area contributed by atoms with Crippen molar-refractivity contribution in [1.82, 2.24) is 9.97 Å². The van der Waals surface area contributed by atoms with Crippen LogP contribution in [0.1, 0.15) is 36.8 Å². The summed E-state index contributed by atoms with van der Waals surface area (Å²) in [4.78, 5) is 8.65. The van der Waals surface area contributed by atoms with Gasteiger partial charge in [0.1, 0.15) is 17.5 Å². The van der Waals surface area contributed by atoms with Crippen molar-refractivity contribution in [3.05, 3.63) is 58.3 Å². The van der Waals surface area contributed by atoms with Crippen molar-refractivity contribution in [2.45, 2.75) is 37.8 Å². The van der Waals surface area contributed by atoms with E-state index in [-0.39, 0.29) is 17.5 Å². The average molecular weight is 420 g/mol. The topological polar surface area (TPSA) is 99.6 Å². The van der Waals surface area contributed by atoms with E-state index in [2.05, 4.69) is 26.7 Å². The molecule has 2 unspecified atom stereocenters. The van der Waals surface area contributed by atoms with E-state index in [9.17, 15) is 14.0 Å². The SMILES string of the molecule is N#Cc1cnc(NCc2ccc(F)c(F)c2)nc1NC[C@]12CC3=C4C(C[C@@H](C1)C34N)C2. The number of nitriles is 1. The molecule has 31 heavy (non-hydrogen) atoms. The molecule has 6 nitrogen and oxygen atoms in total. The van der Waals surface area contributed by atoms with Crippen LogP contribution in [-0.4, -0.2) is 22.1 Å². The van der Waals surface area contributed by atoms with Gasteiger partial charge in [0.05, 0.1) is 11.7 Å². The first-order valence-electron chi connectivity index (χ1n) is 10.6. The molecule has 4 atom stereocenters. The highest BCUT2D eigenvalue weighted by molar-refractivity contribution is 5.64. The van der Waals surface area contributed by atoms with Crippen molar-refractivity contribution < 1.29 is 8.78 Å². The van der Waals surface area contributed by atoms with Crippen LogP contribution in [0.15, 0.2) is 35.5 Å². The second-order valence-electron chi connectivity index (χ2n) is 9.50. The number of hydrogen-bond donors (Lipinski definition) is 3. The number of nitrogens with one attached hydrogen (secondary N) is 2. The lowest BCUT2D eigenvalue weighted by Crippen LogP contribution is -2.47. The largest absolute Gasteiger partial charge is 0.368 e. The molecule has 3 saturated carbocycles.